The van der Waals surface area contributed by atoms with Crippen LogP contribution in [-0.4, -0.2) is 20.8 Å². The smallest absolute Gasteiger partial charge is 0.270 e. The molecule has 0 heterocycles. The van der Waals surface area contributed by atoms with Crippen LogP contribution >= 0.6 is 34.8 Å². The molecule has 0 saturated carbocycles. The molecule has 25 heavy (non-hydrogen) atoms. The quantitative estimate of drug-likeness (QED) is 0.335. The first-order chi connectivity index (χ1) is 11.7. The van der Waals surface area contributed by atoms with Crippen molar-refractivity contribution < 1.29 is 9.72 Å². The third-order valence-electron chi connectivity index (χ3n) is 3.28. The topological polar surface area (TPSA) is 84.3 Å². The van der Waals surface area contributed by atoms with Crippen LogP contribution in [0.4, 0.5) is 11.4 Å². The molecule has 6 nitrogen and oxygen atoms in total. The second-order valence-electron chi connectivity index (χ2n) is 5.27. The number of alkyl halides is 3. The van der Waals surface area contributed by atoms with Crippen LogP contribution in [0.1, 0.15) is 15.9 Å². The third kappa shape index (κ3) is 5.49. The van der Waals surface area contributed by atoms with E-state index in [9.17, 15) is 14.9 Å². The van der Waals surface area contributed by atoms with E-state index in [0.29, 0.717) is 5.69 Å². The Balaban J connectivity index is 2.19. The lowest BCUT2D eigenvalue weighted by Crippen LogP contribution is -2.49. The second-order valence-corrected chi connectivity index (χ2v) is 7.63. The van der Waals surface area contributed by atoms with Crippen molar-refractivity contribution in [1.82, 2.24) is 5.32 Å². The number of rotatable bonds is 5. The number of nitrogens with one attached hydrogen (secondary N) is 2. The van der Waals surface area contributed by atoms with E-state index in [4.69, 9.17) is 34.8 Å². The van der Waals surface area contributed by atoms with Gasteiger partial charge in [-0.15, -0.1) is 0 Å². The Morgan fingerprint density at radius 3 is 2.36 bits per heavy atom. The Labute approximate surface area is 159 Å². The molecular weight excluding hydrogens is 389 g/mol. The van der Waals surface area contributed by atoms with E-state index in [1.807, 2.05) is 19.1 Å². The van der Waals surface area contributed by atoms with Crippen LogP contribution < -0.4 is 10.6 Å². The molecule has 1 amide bonds. The van der Waals surface area contributed by atoms with E-state index in [1.54, 1.807) is 12.1 Å². The Kier molecular flexibility index (Phi) is 6.11. The average molecular weight is 403 g/mol. The van der Waals surface area contributed by atoms with E-state index < -0.39 is 20.8 Å². The van der Waals surface area contributed by atoms with Crippen molar-refractivity contribution in [2.45, 2.75) is 16.9 Å². The first-order valence-corrected chi connectivity index (χ1v) is 8.25. The van der Waals surface area contributed by atoms with Crippen LogP contribution in [0.25, 0.3) is 0 Å². The van der Waals surface area contributed by atoms with E-state index in [1.165, 1.54) is 18.2 Å². The van der Waals surface area contributed by atoms with Crippen LogP contribution in [0.2, 0.25) is 0 Å². The van der Waals surface area contributed by atoms with E-state index in [-0.39, 0.29) is 11.3 Å². The van der Waals surface area contributed by atoms with Gasteiger partial charge in [-0.1, -0.05) is 58.6 Å². The highest BCUT2D eigenvalue weighted by Crippen LogP contribution is 2.31. The van der Waals surface area contributed by atoms with Crippen molar-refractivity contribution in [3.8, 4) is 0 Å². The molecule has 0 radical (unpaired) electrons. The molecule has 0 aliphatic heterocycles. The number of aryl methyl sites for hydroxylation is 1. The third-order valence-corrected chi connectivity index (χ3v) is 3.94. The normalized spacial score (nSPS) is 12.3. The molecule has 9 heteroatoms. The van der Waals surface area contributed by atoms with Gasteiger partial charge in [-0.3, -0.25) is 14.9 Å². The number of halogens is 3. The summed E-state index contributed by atoms with van der Waals surface area (Å²) in [5, 5.41) is 16.3. The van der Waals surface area contributed by atoms with Crippen LogP contribution in [0.5, 0.6) is 0 Å². The second kappa shape index (κ2) is 7.91. The minimum atomic E-state index is -1.85. The Morgan fingerprint density at radius 2 is 1.80 bits per heavy atom. The van der Waals surface area contributed by atoms with Crippen LogP contribution in [0.15, 0.2) is 48.5 Å². The molecule has 2 aromatic carbocycles. The van der Waals surface area contributed by atoms with Crippen molar-refractivity contribution in [2.24, 2.45) is 0 Å². The predicted octanol–water partition coefficient (Wildman–Crippen LogP) is 4.44. The summed E-state index contributed by atoms with van der Waals surface area (Å²) in [6.07, 6.45) is -1.05. The number of carbonyl (C=O) groups is 1. The summed E-state index contributed by atoms with van der Waals surface area (Å²) in [7, 11) is 0. The minimum absolute atomic E-state index is 0.0826. The maximum atomic E-state index is 12.4. The summed E-state index contributed by atoms with van der Waals surface area (Å²) in [6, 6.07) is 12.6. The fraction of sp³-hybridized carbons (Fsp3) is 0.188. The first kappa shape index (κ1) is 19.3. The van der Waals surface area contributed by atoms with Gasteiger partial charge in [0, 0.05) is 23.4 Å². The molecule has 0 unspecified atom stereocenters. The number of nitro groups is 1. The maximum Gasteiger partial charge on any atom is 0.270 e. The number of amides is 1. The predicted molar refractivity (Wildman–Crippen MR) is 99.4 cm³/mol. The van der Waals surface area contributed by atoms with Gasteiger partial charge in [0.1, 0.15) is 6.17 Å². The fourth-order valence-corrected chi connectivity index (χ4v) is 2.32. The summed E-state index contributed by atoms with van der Waals surface area (Å²) in [6.45, 7) is 1.93. The van der Waals surface area contributed by atoms with Gasteiger partial charge in [0.05, 0.1) is 4.92 Å². The summed E-state index contributed by atoms with van der Waals surface area (Å²) in [5.41, 5.74) is 1.57. The zero-order valence-electron chi connectivity index (χ0n) is 13.0. The average Bonchev–Trinajstić information content (AvgIpc) is 2.55. The summed E-state index contributed by atoms with van der Waals surface area (Å²) < 4.78 is -1.85. The monoisotopic (exact) mass is 401 g/mol. The molecule has 132 valence electrons. The van der Waals surface area contributed by atoms with Gasteiger partial charge in [0.2, 0.25) is 3.79 Å². The van der Waals surface area contributed by atoms with Crippen LogP contribution in [0, 0.1) is 17.0 Å². The molecule has 0 saturated heterocycles. The zero-order valence-corrected chi connectivity index (χ0v) is 15.3. The number of nitrogens with zero attached hydrogens (tertiary/aromatic N) is 1. The van der Waals surface area contributed by atoms with Crippen molar-refractivity contribution in [3.05, 3.63) is 69.8 Å². The number of carbonyl (C=O) groups excluding carboxylic acids is 1. The van der Waals surface area contributed by atoms with E-state index >= 15 is 0 Å². The molecule has 2 rings (SSSR count). The number of hydrogen-bond donors (Lipinski definition) is 2. The van der Waals surface area contributed by atoms with Crippen molar-refractivity contribution in [2.75, 3.05) is 5.32 Å². The Bertz CT molecular complexity index is 776. The van der Waals surface area contributed by atoms with Crippen LogP contribution in [-0.2, 0) is 0 Å². The van der Waals surface area contributed by atoms with Gasteiger partial charge in [-0.25, -0.2) is 0 Å². The number of hydrogen-bond acceptors (Lipinski definition) is 4. The molecular formula is C16H14Cl3N3O3. The molecule has 0 aliphatic carbocycles. The lowest BCUT2D eigenvalue weighted by atomic mass is 10.2. The molecule has 2 N–H and O–H groups in total. The number of benzene rings is 2. The lowest BCUT2D eigenvalue weighted by molar-refractivity contribution is -0.384. The molecule has 1 atom stereocenters. The van der Waals surface area contributed by atoms with E-state index in [2.05, 4.69) is 10.6 Å². The molecule has 0 aliphatic rings. The highest BCUT2D eigenvalue weighted by molar-refractivity contribution is 6.68. The first-order valence-electron chi connectivity index (χ1n) is 7.12. The minimum Gasteiger partial charge on any atom is -0.362 e. The van der Waals surface area contributed by atoms with Crippen molar-refractivity contribution in [3.63, 3.8) is 0 Å². The number of nitro benzene ring substituents is 1. The highest BCUT2D eigenvalue weighted by atomic mass is 35.6. The molecule has 0 bridgehead atoms. The van der Waals surface area contributed by atoms with Gasteiger partial charge in [-0.05, 0) is 25.1 Å². The zero-order chi connectivity index (χ0) is 18.6. The van der Waals surface area contributed by atoms with Crippen molar-refractivity contribution >= 4 is 52.1 Å². The van der Waals surface area contributed by atoms with Crippen LogP contribution in [0.3, 0.4) is 0 Å². The largest absolute Gasteiger partial charge is 0.362 e. The number of non-ortho nitro benzene ring substituents is 1. The molecule has 0 fully saturated rings. The SMILES string of the molecule is Cc1ccc(N[C@@H](NC(=O)c2cccc([N+](=O)[O-])c2)C(Cl)(Cl)Cl)cc1. The standard InChI is InChI=1S/C16H14Cl3N3O3/c1-10-5-7-12(8-6-10)20-15(16(17,18)19)21-14(23)11-3-2-4-13(9-11)22(24)25/h2-9,15,20H,1H3,(H,21,23)/t15-/m0/s1. The summed E-state index contributed by atoms with van der Waals surface area (Å²) in [4.78, 5) is 22.6. The lowest BCUT2D eigenvalue weighted by Gasteiger charge is -2.27. The molecule has 0 aromatic heterocycles. The summed E-state index contributed by atoms with van der Waals surface area (Å²) in [5.74, 6) is -0.611. The van der Waals surface area contributed by atoms with Crippen molar-refractivity contribution in [1.29, 1.82) is 0 Å². The summed E-state index contributed by atoms with van der Waals surface area (Å²) >= 11 is 17.8. The molecule has 0 spiro atoms. The molecule has 2 aromatic rings. The van der Waals surface area contributed by atoms with Gasteiger partial charge in [0.25, 0.3) is 11.6 Å². The van der Waals surface area contributed by atoms with Gasteiger partial charge in [-0.2, -0.15) is 0 Å². The number of anilines is 1. The Hall–Kier alpha value is -2.02. The van der Waals surface area contributed by atoms with Gasteiger partial charge >= 0.3 is 0 Å². The highest BCUT2D eigenvalue weighted by Gasteiger charge is 2.34. The van der Waals surface area contributed by atoms with Gasteiger partial charge in [0.15, 0.2) is 0 Å². The van der Waals surface area contributed by atoms with Gasteiger partial charge < -0.3 is 10.6 Å². The Morgan fingerprint density at radius 1 is 1.16 bits per heavy atom. The fourth-order valence-electron chi connectivity index (χ4n) is 1.99. The maximum absolute atomic E-state index is 12.4. The van der Waals surface area contributed by atoms with E-state index in [0.717, 1.165) is 11.6 Å².